The Hall–Kier alpha value is -6.08. The summed E-state index contributed by atoms with van der Waals surface area (Å²) in [6.45, 7) is 9.05. The second-order valence-electron chi connectivity index (χ2n) is 12.3. The zero-order valence-electron chi connectivity index (χ0n) is 29.8. The van der Waals surface area contributed by atoms with E-state index in [1.54, 1.807) is 27.6 Å². The number of unbranched alkanes of at least 4 members (excludes halogenated alkanes) is 1. The predicted molar refractivity (Wildman–Crippen MR) is 195 cm³/mol. The molecule has 0 radical (unpaired) electrons. The number of hydrogen-bond acceptors (Lipinski definition) is 10. The number of amides is 2. The Balaban J connectivity index is 1.41. The highest BCUT2D eigenvalue weighted by molar-refractivity contribution is 7.89. The average molecular weight is 746 g/mol. The summed E-state index contributed by atoms with van der Waals surface area (Å²) in [7, 11) is -2.60. The molecule has 0 unspecified atom stereocenters. The molecule has 18 nitrogen and oxygen atoms in total. The molecule has 0 atom stereocenters. The van der Waals surface area contributed by atoms with Crippen molar-refractivity contribution in [1.29, 1.82) is 0 Å². The predicted octanol–water partition coefficient (Wildman–Crippen LogP) is 3.86. The zero-order chi connectivity index (χ0) is 38.2. The molecule has 0 aliphatic heterocycles. The largest absolute Gasteiger partial charge is 0.494 e. The fourth-order valence-electron chi connectivity index (χ4n) is 6.43. The van der Waals surface area contributed by atoms with Gasteiger partial charge in [0.15, 0.2) is 0 Å². The van der Waals surface area contributed by atoms with Gasteiger partial charge in [0.2, 0.25) is 34.7 Å². The number of imidazole rings is 2. The number of nitrogens with two attached hydrogens (primary N) is 1. The number of rotatable bonds is 16. The topological polar surface area (TPSA) is 219 Å². The van der Waals surface area contributed by atoms with Gasteiger partial charge in [-0.3, -0.25) is 9.59 Å². The lowest BCUT2D eigenvalue weighted by molar-refractivity contribution is -0.107. The zero-order valence-corrected chi connectivity index (χ0v) is 30.6. The monoisotopic (exact) mass is 745 g/mol. The third-order valence-electron chi connectivity index (χ3n) is 8.79. The second kappa shape index (κ2) is 14.5. The van der Waals surface area contributed by atoms with Crippen molar-refractivity contribution in [2.45, 2.75) is 71.6 Å². The number of carboxylic acids is 1. The molecule has 2 aromatic carbocycles. The maximum atomic E-state index is 12.7. The number of anilines is 4. The molecular formula is C34H39N11O7S. The third kappa shape index (κ3) is 6.83. The number of nitrogens with zero attached hydrogens (tertiary/aromatic N) is 10. The average Bonchev–Trinajstić information content (AvgIpc) is 3.89. The van der Waals surface area contributed by atoms with E-state index in [4.69, 9.17) is 19.8 Å². The standard InChI is InChI=1S/C34H39N11O7S/c1-6-44-29(14-21(3)38-44)42(19-46)33-36-25-18-24(53(35,50)51)10-11-27(25)40(33)12-8-9-13-41-31-26(16-23(32(48)49)17-28(31)52-5)37-34(41)43(20-47)30-15-22(4)39-45(30)7-2/h10-11,14-20H,6-9,12-13H2,1-5H3,(H,48,49)(H2,35,50,51). The molecular weight excluding hydrogens is 707 g/mol. The lowest BCUT2D eigenvalue weighted by Gasteiger charge is -2.20. The molecule has 53 heavy (non-hydrogen) atoms. The first-order valence-corrected chi connectivity index (χ1v) is 18.3. The second-order valence-corrected chi connectivity index (χ2v) is 13.8. The molecule has 4 aromatic heterocycles. The number of primary sulfonamides is 1. The van der Waals surface area contributed by atoms with Crippen molar-refractivity contribution in [3.05, 3.63) is 59.4 Å². The van der Waals surface area contributed by atoms with Crippen molar-refractivity contribution in [2.75, 3.05) is 16.9 Å². The van der Waals surface area contributed by atoms with Gasteiger partial charge in [0.05, 0.1) is 45.5 Å². The Morgan fingerprint density at radius 2 is 1.40 bits per heavy atom. The highest BCUT2D eigenvalue weighted by Crippen LogP contribution is 2.35. The molecule has 0 aliphatic rings. The summed E-state index contributed by atoms with van der Waals surface area (Å²) in [5.74, 6) is 0.573. The summed E-state index contributed by atoms with van der Waals surface area (Å²) >= 11 is 0. The molecule has 0 bridgehead atoms. The summed E-state index contributed by atoms with van der Waals surface area (Å²) in [6.07, 6.45) is 2.29. The Labute approximate surface area is 304 Å². The van der Waals surface area contributed by atoms with Crippen LogP contribution in [0.5, 0.6) is 5.75 Å². The molecule has 19 heteroatoms. The number of aryl methyl sites for hydroxylation is 6. The molecule has 3 N–H and O–H groups in total. The molecule has 0 saturated carbocycles. The number of ether oxygens (including phenoxy) is 1. The maximum Gasteiger partial charge on any atom is 0.335 e. The summed E-state index contributed by atoms with van der Waals surface area (Å²) in [4.78, 5) is 49.5. The fourth-order valence-corrected chi connectivity index (χ4v) is 6.97. The summed E-state index contributed by atoms with van der Waals surface area (Å²) in [5.41, 5.74) is 3.09. The van der Waals surface area contributed by atoms with Gasteiger partial charge in [-0.05, 0) is 70.9 Å². The smallest absolute Gasteiger partial charge is 0.335 e. The van der Waals surface area contributed by atoms with Crippen LogP contribution < -0.4 is 19.7 Å². The normalized spacial score (nSPS) is 11.7. The number of fused-ring (bicyclic) bond motifs is 2. The fraction of sp³-hybridized carbons (Fsp3) is 0.324. The van der Waals surface area contributed by atoms with Crippen LogP contribution >= 0.6 is 0 Å². The van der Waals surface area contributed by atoms with E-state index in [-0.39, 0.29) is 28.1 Å². The number of benzene rings is 2. The number of carbonyl (C=O) groups excluding carboxylic acids is 2. The van der Waals surface area contributed by atoms with Crippen LogP contribution in [0.2, 0.25) is 0 Å². The summed E-state index contributed by atoms with van der Waals surface area (Å²) in [6, 6.07) is 10.7. The van der Waals surface area contributed by atoms with Crippen LogP contribution in [0.4, 0.5) is 23.5 Å². The first kappa shape index (κ1) is 36.7. The van der Waals surface area contributed by atoms with Gasteiger partial charge >= 0.3 is 5.97 Å². The molecule has 0 saturated heterocycles. The van der Waals surface area contributed by atoms with E-state index >= 15 is 0 Å². The first-order chi connectivity index (χ1) is 25.3. The number of carbonyl (C=O) groups is 3. The van der Waals surface area contributed by atoms with Gasteiger partial charge in [-0.15, -0.1) is 0 Å². The number of methoxy groups -OCH3 is 1. The van der Waals surface area contributed by atoms with E-state index in [2.05, 4.69) is 10.2 Å². The van der Waals surface area contributed by atoms with Gasteiger partial charge < -0.3 is 19.0 Å². The minimum atomic E-state index is -4.03. The molecule has 2 amide bonds. The Kier molecular flexibility index (Phi) is 10.0. The van der Waals surface area contributed by atoms with Crippen LogP contribution in [-0.2, 0) is 45.8 Å². The van der Waals surface area contributed by atoms with Crippen LogP contribution in [0.1, 0.15) is 48.4 Å². The van der Waals surface area contributed by atoms with Crippen molar-refractivity contribution in [3.8, 4) is 5.75 Å². The molecule has 0 spiro atoms. The summed E-state index contributed by atoms with van der Waals surface area (Å²) in [5, 5.41) is 24.2. The third-order valence-corrected chi connectivity index (χ3v) is 9.70. The van der Waals surface area contributed by atoms with Gasteiger partial charge in [-0.25, -0.2) is 47.5 Å². The van der Waals surface area contributed by atoms with E-state index in [9.17, 15) is 27.9 Å². The van der Waals surface area contributed by atoms with Gasteiger partial charge in [0, 0.05) is 38.3 Å². The van der Waals surface area contributed by atoms with E-state index < -0.39 is 16.0 Å². The number of aromatic carboxylic acids is 1. The molecule has 6 rings (SSSR count). The van der Waals surface area contributed by atoms with Crippen LogP contribution in [-0.4, -0.2) is 78.1 Å². The van der Waals surface area contributed by atoms with Crippen molar-refractivity contribution < 1.29 is 32.6 Å². The first-order valence-electron chi connectivity index (χ1n) is 16.8. The number of aromatic nitrogens is 8. The number of sulfonamides is 1. The van der Waals surface area contributed by atoms with E-state index in [1.807, 2.05) is 36.8 Å². The van der Waals surface area contributed by atoms with E-state index in [0.29, 0.717) is 96.9 Å². The summed E-state index contributed by atoms with van der Waals surface area (Å²) < 4.78 is 37.0. The lowest BCUT2D eigenvalue weighted by atomic mass is 10.2. The Morgan fingerprint density at radius 3 is 1.91 bits per heavy atom. The highest BCUT2D eigenvalue weighted by Gasteiger charge is 2.26. The molecule has 4 heterocycles. The van der Waals surface area contributed by atoms with Crippen LogP contribution in [0.15, 0.2) is 47.4 Å². The number of hydrogen-bond donors (Lipinski definition) is 2. The Morgan fingerprint density at radius 1 is 0.849 bits per heavy atom. The SMILES string of the molecule is CCn1nc(C)cc1N(C=O)c1nc2cc(S(N)(=O)=O)ccc2n1CCCCn1c(N(C=O)c2cc(C)nn2CC)nc2cc(C(=O)O)cc(OC)c21. The van der Waals surface area contributed by atoms with Crippen molar-refractivity contribution >= 4 is 74.4 Å². The van der Waals surface area contributed by atoms with Crippen molar-refractivity contribution in [3.63, 3.8) is 0 Å². The van der Waals surface area contributed by atoms with E-state index in [0.717, 1.165) is 0 Å². The van der Waals surface area contributed by atoms with Crippen molar-refractivity contribution in [2.24, 2.45) is 5.14 Å². The van der Waals surface area contributed by atoms with Gasteiger partial charge in [0.25, 0.3) is 0 Å². The lowest BCUT2D eigenvalue weighted by Crippen LogP contribution is -2.23. The molecule has 0 fully saturated rings. The van der Waals surface area contributed by atoms with Gasteiger partial charge in [0.1, 0.15) is 22.9 Å². The maximum absolute atomic E-state index is 12.7. The van der Waals surface area contributed by atoms with Gasteiger partial charge in [-0.1, -0.05) is 0 Å². The quantitative estimate of drug-likeness (QED) is 0.107. The molecule has 0 aliphatic carbocycles. The van der Waals surface area contributed by atoms with Crippen LogP contribution in [0.3, 0.4) is 0 Å². The molecule has 6 aromatic rings. The van der Waals surface area contributed by atoms with E-state index in [1.165, 1.54) is 41.2 Å². The minimum Gasteiger partial charge on any atom is -0.494 e. The van der Waals surface area contributed by atoms with Crippen LogP contribution in [0, 0.1) is 13.8 Å². The minimum absolute atomic E-state index is 0.0258. The van der Waals surface area contributed by atoms with Crippen molar-refractivity contribution in [1.82, 2.24) is 38.7 Å². The number of carboxylic acid groups (broad SMARTS) is 1. The van der Waals surface area contributed by atoms with Crippen LogP contribution in [0.25, 0.3) is 22.1 Å². The van der Waals surface area contributed by atoms with Gasteiger partial charge in [-0.2, -0.15) is 10.2 Å². The molecule has 278 valence electrons. The Bertz CT molecular complexity index is 2480. The highest BCUT2D eigenvalue weighted by atomic mass is 32.2.